The van der Waals surface area contributed by atoms with E-state index in [9.17, 15) is 0 Å². The highest BCUT2D eigenvalue weighted by atomic mass is 35.5. The normalized spacial score (nSPS) is 10.1. The van der Waals surface area contributed by atoms with Gasteiger partial charge >= 0.3 is 0 Å². The Morgan fingerprint density at radius 1 is 1.12 bits per heavy atom. The summed E-state index contributed by atoms with van der Waals surface area (Å²) in [5.74, 6) is 6.62. The molecule has 0 saturated carbocycles. The Labute approximate surface area is 105 Å². The number of rotatable bonds is 3. The molecule has 88 valence electrons. The number of nitrogens with one attached hydrogen (secondary N) is 2. The van der Waals surface area contributed by atoms with Crippen LogP contribution in [0.1, 0.15) is 5.56 Å². The van der Waals surface area contributed by atoms with Gasteiger partial charge in [-0.1, -0.05) is 23.7 Å². The van der Waals surface area contributed by atoms with Crippen molar-refractivity contribution in [2.24, 2.45) is 5.84 Å². The highest BCUT2D eigenvalue weighted by molar-refractivity contribution is 6.31. The van der Waals surface area contributed by atoms with Crippen molar-refractivity contribution >= 4 is 28.9 Å². The third-order valence-electron chi connectivity index (χ3n) is 2.43. The summed E-state index contributed by atoms with van der Waals surface area (Å²) < 4.78 is 0. The maximum Gasteiger partial charge on any atom is 0.142 e. The van der Waals surface area contributed by atoms with Gasteiger partial charge in [0.25, 0.3) is 0 Å². The van der Waals surface area contributed by atoms with Gasteiger partial charge in [-0.3, -0.25) is 0 Å². The number of nitrogen functional groups attached to an aromatic ring is 1. The van der Waals surface area contributed by atoms with Crippen LogP contribution >= 0.6 is 11.6 Å². The van der Waals surface area contributed by atoms with E-state index in [1.165, 1.54) is 0 Å². The molecule has 4 nitrogen and oxygen atoms in total. The molecule has 0 bridgehead atoms. The largest absolute Gasteiger partial charge is 0.340 e. The first-order chi connectivity index (χ1) is 8.20. The smallest absolute Gasteiger partial charge is 0.142 e. The maximum absolute atomic E-state index is 6.05. The molecule has 4 N–H and O–H groups in total. The first kappa shape index (κ1) is 11.7. The van der Waals surface area contributed by atoms with Crippen molar-refractivity contribution in [3.8, 4) is 0 Å². The van der Waals surface area contributed by atoms with E-state index < -0.39 is 0 Å². The van der Waals surface area contributed by atoms with Gasteiger partial charge in [0.15, 0.2) is 0 Å². The van der Waals surface area contributed by atoms with Crippen LogP contribution < -0.4 is 16.6 Å². The molecular formula is C12H13ClN4. The van der Waals surface area contributed by atoms with Gasteiger partial charge in [0.2, 0.25) is 0 Å². The summed E-state index contributed by atoms with van der Waals surface area (Å²) >= 11 is 6.05. The summed E-state index contributed by atoms with van der Waals surface area (Å²) in [6.45, 7) is 1.95. The lowest BCUT2D eigenvalue weighted by Crippen LogP contribution is -2.09. The van der Waals surface area contributed by atoms with Crippen LogP contribution in [-0.2, 0) is 0 Å². The zero-order chi connectivity index (χ0) is 12.3. The molecule has 2 rings (SSSR count). The Kier molecular flexibility index (Phi) is 3.46. The van der Waals surface area contributed by atoms with Crippen LogP contribution in [-0.4, -0.2) is 4.98 Å². The molecule has 0 radical (unpaired) electrons. The number of hydrogen-bond acceptors (Lipinski definition) is 4. The molecule has 5 heteroatoms. The number of benzene rings is 1. The monoisotopic (exact) mass is 248 g/mol. The van der Waals surface area contributed by atoms with Gasteiger partial charge in [-0.2, -0.15) is 0 Å². The number of hydrazine groups is 1. The quantitative estimate of drug-likeness (QED) is 0.577. The molecule has 1 aromatic carbocycles. The fourth-order valence-corrected chi connectivity index (χ4v) is 1.64. The van der Waals surface area contributed by atoms with Crippen molar-refractivity contribution in [2.45, 2.75) is 6.92 Å². The fourth-order valence-electron chi connectivity index (χ4n) is 1.47. The molecule has 17 heavy (non-hydrogen) atoms. The zero-order valence-corrected chi connectivity index (χ0v) is 10.1. The number of aromatic nitrogens is 1. The molecule has 0 unspecified atom stereocenters. The second-order valence-corrected chi connectivity index (χ2v) is 4.00. The summed E-state index contributed by atoms with van der Waals surface area (Å²) in [4.78, 5) is 4.27. The van der Waals surface area contributed by atoms with Crippen LogP contribution in [0.4, 0.5) is 17.3 Å². The van der Waals surface area contributed by atoms with Crippen molar-refractivity contribution in [3.63, 3.8) is 0 Å². The number of halogens is 1. The predicted molar refractivity (Wildman–Crippen MR) is 71.5 cm³/mol. The Bertz CT molecular complexity index is 528. The molecule has 1 heterocycles. The first-order valence-corrected chi connectivity index (χ1v) is 5.54. The minimum absolute atomic E-state index is 0.606. The Morgan fingerprint density at radius 3 is 2.59 bits per heavy atom. The van der Waals surface area contributed by atoms with Crippen LogP contribution in [0.25, 0.3) is 0 Å². The lowest BCUT2D eigenvalue weighted by molar-refractivity contribution is 1.22. The van der Waals surface area contributed by atoms with Crippen LogP contribution in [0, 0.1) is 6.92 Å². The van der Waals surface area contributed by atoms with E-state index >= 15 is 0 Å². The van der Waals surface area contributed by atoms with Gasteiger partial charge in [-0.05, 0) is 36.8 Å². The number of pyridine rings is 1. The maximum atomic E-state index is 6.05. The van der Waals surface area contributed by atoms with Gasteiger partial charge in [0, 0.05) is 10.7 Å². The zero-order valence-electron chi connectivity index (χ0n) is 9.37. The second kappa shape index (κ2) is 5.03. The van der Waals surface area contributed by atoms with Gasteiger partial charge < -0.3 is 10.7 Å². The summed E-state index contributed by atoms with van der Waals surface area (Å²) in [5.41, 5.74) is 4.42. The molecular weight excluding hydrogens is 236 g/mol. The van der Waals surface area contributed by atoms with E-state index in [2.05, 4.69) is 15.7 Å². The Hall–Kier alpha value is -1.78. The SMILES string of the molecule is Cc1c(Cl)cccc1Nc1cccc(NN)n1. The summed E-state index contributed by atoms with van der Waals surface area (Å²) in [6, 6.07) is 11.2. The van der Waals surface area contributed by atoms with E-state index in [4.69, 9.17) is 17.4 Å². The van der Waals surface area contributed by atoms with Crippen molar-refractivity contribution in [2.75, 3.05) is 10.7 Å². The van der Waals surface area contributed by atoms with Crippen molar-refractivity contribution in [3.05, 3.63) is 47.0 Å². The molecule has 0 aliphatic rings. The predicted octanol–water partition coefficient (Wildman–Crippen LogP) is 3.07. The van der Waals surface area contributed by atoms with Crippen molar-refractivity contribution in [1.29, 1.82) is 0 Å². The second-order valence-electron chi connectivity index (χ2n) is 3.59. The molecule has 0 atom stereocenters. The number of nitrogens with two attached hydrogens (primary N) is 1. The molecule has 2 aromatic rings. The highest BCUT2D eigenvalue weighted by Crippen LogP contribution is 2.25. The summed E-state index contributed by atoms with van der Waals surface area (Å²) in [6.07, 6.45) is 0. The van der Waals surface area contributed by atoms with Crippen molar-refractivity contribution in [1.82, 2.24) is 4.98 Å². The van der Waals surface area contributed by atoms with E-state index in [1.807, 2.05) is 37.3 Å². The Balaban J connectivity index is 2.28. The average molecular weight is 249 g/mol. The third kappa shape index (κ3) is 2.67. The van der Waals surface area contributed by atoms with Gasteiger partial charge in [-0.15, -0.1) is 0 Å². The first-order valence-electron chi connectivity index (χ1n) is 5.16. The Morgan fingerprint density at radius 2 is 1.82 bits per heavy atom. The molecule has 0 spiro atoms. The van der Waals surface area contributed by atoms with E-state index in [0.29, 0.717) is 11.6 Å². The minimum atomic E-state index is 0.606. The highest BCUT2D eigenvalue weighted by Gasteiger charge is 2.03. The molecule has 0 saturated heterocycles. The molecule has 0 aliphatic carbocycles. The van der Waals surface area contributed by atoms with Gasteiger partial charge in [0.1, 0.15) is 11.6 Å². The number of anilines is 3. The summed E-state index contributed by atoms with van der Waals surface area (Å²) in [5, 5.41) is 3.92. The summed E-state index contributed by atoms with van der Waals surface area (Å²) in [7, 11) is 0. The van der Waals surface area contributed by atoms with E-state index in [0.717, 1.165) is 16.3 Å². The molecule has 0 fully saturated rings. The van der Waals surface area contributed by atoms with Crippen LogP contribution in [0.2, 0.25) is 5.02 Å². The molecule has 0 amide bonds. The lowest BCUT2D eigenvalue weighted by atomic mass is 10.2. The fraction of sp³-hybridized carbons (Fsp3) is 0.0833. The topological polar surface area (TPSA) is 63.0 Å². The minimum Gasteiger partial charge on any atom is -0.340 e. The molecule has 1 aromatic heterocycles. The van der Waals surface area contributed by atoms with Crippen LogP contribution in [0.3, 0.4) is 0 Å². The molecule has 0 aliphatic heterocycles. The van der Waals surface area contributed by atoms with Crippen molar-refractivity contribution < 1.29 is 0 Å². The van der Waals surface area contributed by atoms with Crippen LogP contribution in [0.5, 0.6) is 0 Å². The van der Waals surface area contributed by atoms with Crippen LogP contribution in [0.15, 0.2) is 36.4 Å². The van der Waals surface area contributed by atoms with E-state index in [-0.39, 0.29) is 0 Å². The third-order valence-corrected chi connectivity index (χ3v) is 2.84. The lowest BCUT2D eigenvalue weighted by Gasteiger charge is -2.10. The average Bonchev–Trinajstić information content (AvgIpc) is 2.35. The standard InChI is InChI=1S/C12H13ClN4/c1-8-9(13)4-2-5-10(8)15-11-6-3-7-12(16-11)17-14/h2-7H,14H2,1H3,(H2,15,16,17). The van der Waals surface area contributed by atoms with E-state index in [1.54, 1.807) is 6.07 Å². The number of hydrogen-bond donors (Lipinski definition) is 3. The van der Waals surface area contributed by atoms with Gasteiger partial charge in [-0.25, -0.2) is 10.8 Å². The van der Waals surface area contributed by atoms with Gasteiger partial charge in [0.05, 0.1) is 0 Å². The number of nitrogens with zero attached hydrogens (tertiary/aromatic N) is 1.